The molecule has 0 amide bonds. The quantitative estimate of drug-likeness (QED) is 0.731. The van der Waals surface area contributed by atoms with E-state index in [0.717, 1.165) is 30.0 Å². The highest BCUT2D eigenvalue weighted by molar-refractivity contribution is 7.88. The first-order valence-electron chi connectivity index (χ1n) is 10.00. The summed E-state index contributed by atoms with van der Waals surface area (Å²) < 4.78 is 32.4. The Balaban J connectivity index is 1.48. The molecule has 1 saturated heterocycles. The molecule has 1 N–H and O–H groups in total. The average molecular weight is 403 g/mol. The summed E-state index contributed by atoms with van der Waals surface area (Å²) >= 11 is 0. The second-order valence-electron chi connectivity index (χ2n) is 7.32. The van der Waals surface area contributed by atoms with E-state index in [2.05, 4.69) is 33.9 Å². The fourth-order valence-corrected chi connectivity index (χ4v) is 4.69. The minimum absolute atomic E-state index is 0.0229. The van der Waals surface area contributed by atoms with Crippen LogP contribution in [0.15, 0.2) is 48.5 Å². The van der Waals surface area contributed by atoms with E-state index >= 15 is 0 Å². The van der Waals surface area contributed by atoms with E-state index < -0.39 is 10.0 Å². The predicted octanol–water partition coefficient (Wildman–Crippen LogP) is 3.74. The number of methoxy groups -OCH3 is 1. The molecule has 2 aromatic rings. The smallest absolute Gasteiger partial charge is 0.215 e. The number of nitrogens with zero attached hydrogens (tertiary/aromatic N) is 1. The van der Waals surface area contributed by atoms with Crippen LogP contribution < -0.4 is 14.4 Å². The lowest BCUT2D eigenvalue weighted by Gasteiger charge is -2.22. The van der Waals surface area contributed by atoms with Gasteiger partial charge in [0.15, 0.2) is 0 Å². The van der Waals surface area contributed by atoms with E-state index in [9.17, 15) is 8.42 Å². The molecule has 0 spiro atoms. The number of rotatable bonds is 8. The number of hydrogen-bond acceptors (Lipinski definition) is 4. The summed E-state index contributed by atoms with van der Waals surface area (Å²) in [4.78, 5) is 2.45. The van der Waals surface area contributed by atoms with Crippen LogP contribution in [0.25, 0.3) is 0 Å². The number of sulfonamides is 1. The van der Waals surface area contributed by atoms with Gasteiger partial charge in [-0.1, -0.05) is 37.1 Å². The molecule has 3 rings (SSSR count). The highest BCUT2D eigenvalue weighted by atomic mass is 32.2. The maximum Gasteiger partial charge on any atom is 0.215 e. The molecule has 152 valence electrons. The molecule has 0 aromatic heterocycles. The van der Waals surface area contributed by atoms with Gasteiger partial charge in [0.1, 0.15) is 5.75 Å². The summed E-state index contributed by atoms with van der Waals surface area (Å²) in [5, 5.41) is 0. The Kier molecular flexibility index (Phi) is 7.34. The molecule has 1 fully saturated rings. The fourth-order valence-electron chi connectivity index (χ4n) is 3.55. The van der Waals surface area contributed by atoms with Gasteiger partial charge < -0.3 is 9.64 Å². The van der Waals surface area contributed by atoms with E-state index in [-0.39, 0.29) is 5.75 Å². The van der Waals surface area contributed by atoms with Gasteiger partial charge >= 0.3 is 0 Å². The monoisotopic (exact) mass is 402 g/mol. The van der Waals surface area contributed by atoms with Gasteiger partial charge in [0.2, 0.25) is 10.0 Å². The fraction of sp³-hybridized carbons (Fsp3) is 0.455. The van der Waals surface area contributed by atoms with Crippen LogP contribution >= 0.6 is 0 Å². The van der Waals surface area contributed by atoms with Gasteiger partial charge in [0.05, 0.1) is 12.9 Å². The van der Waals surface area contributed by atoms with Crippen molar-refractivity contribution in [2.24, 2.45) is 0 Å². The van der Waals surface area contributed by atoms with Crippen molar-refractivity contribution in [1.29, 1.82) is 0 Å². The van der Waals surface area contributed by atoms with Crippen LogP contribution in [-0.4, -0.2) is 35.2 Å². The molecule has 1 aliphatic heterocycles. The number of hydrogen-bond donors (Lipinski definition) is 1. The molecule has 0 radical (unpaired) electrons. The van der Waals surface area contributed by atoms with E-state index in [1.54, 1.807) is 31.4 Å². The predicted molar refractivity (Wildman–Crippen MR) is 114 cm³/mol. The number of nitrogens with one attached hydrogen (secondary N) is 1. The Bertz CT molecular complexity index is 825. The van der Waals surface area contributed by atoms with Gasteiger partial charge in [-0.15, -0.1) is 0 Å². The lowest BCUT2D eigenvalue weighted by atomic mass is 10.1. The first-order valence-corrected chi connectivity index (χ1v) is 11.7. The third kappa shape index (κ3) is 6.24. The van der Waals surface area contributed by atoms with Gasteiger partial charge in [0.25, 0.3) is 0 Å². The van der Waals surface area contributed by atoms with Gasteiger partial charge in [-0.25, -0.2) is 13.1 Å². The van der Waals surface area contributed by atoms with Crippen molar-refractivity contribution < 1.29 is 13.2 Å². The first-order chi connectivity index (χ1) is 13.6. The normalized spacial score (nSPS) is 15.2. The zero-order chi connectivity index (χ0) is 19.8. The minimum atomic E-state index is -3.35. The number of anilines is 1. The first kappa shape index (κ1) is 20.7. The van der Waals surface area contributed by atoms with Crippen LogP contribution in [-0.2, 0) is 22.2 Å². The second kappa shape index (κ2) is 9.94. The Hall–Kier alpha value is -2.05. The van der Waals surface area contributed by atoms with Gasteiger partial charge in [-0.3, -0.25) is 0 Å². The molecule has 28 heavy (non-hydrogen) atoms. The zero-order valence-electron chi connectivity index (χ0n) is 16.6. The summed E-state index contributed by atoms with van der Waals surface area (Å²) in [6.45, 7) is 2.66. The molecule has 1 heterocycles. The Morgan fingerprint density at radius 1 is 0.893 bits per heavy atom. The summed E-state index contributed by atoms with van der Waals surface area (Å²) in [6.07, 6.45) is 5.86. The Morgan fingerprint density at radius 3 is 2.11 bits per heavy atom. The van der Waals surface area contributed by atoms with Crippen molar-refractivity contribution in [2.75, 3.05) is 31.6 Å². The topological polar surface area (TPSA) is 58.6 Å². The van der Waals surface area contributed by atoms with Crippen molar-refractivity contribution in [2.45, 2.75) is 37.9 Å². The molecular formula is C22H30N2O3S. The molecule has 0 unspecified atom stereocenters. The molecule has 6 heteroatoms. The minimum Gasteiger partial charge on any atom is -0.497 e. The molecule has 0 aliphatic carbocycles. The van der Waals surface area contributed by atoms with Crippen molar-refractivity contribution in [3.63, 3.8) is 0 Å². The van der Waals surface area contributed by atoms with Crippen molar-refractivity contribution >= 4 is 15.7 Å². The summed E-state index contributed by atoms with van der Waals surface area (Å²) in [5.41, 5.74) is 3.16. The summed E-state index contributed by atoms with van der Waals surface area (Å²) in [6, 6.07) is 15.6. The second-order valence-corrected chi connectivity index (χ2v) is 9.13. The number of benzene rings is 2. The summed E-state index contributed by atoms with van der Waals surface area (Å²) in [5.74, 6) is 0.697. The molecule has 0 bridgehead atoms. The van der Waals surface area contributed by atoms with Crippen molar-refractivity contribution in [3.05, 3.63) is 59.7 Å². The Morgan fingerprint density at radius 2 is 1.50 bits per heavy atom. The van der Waals surface area contributed by atoms with Crippen LogP contribution in [0, 0.1) is 0 Å². The lowest BCUT2D eigenvalue weighted by molar-refractivity contribution is 0.414. The van der Waals surface area contributed by atoms with Gasteiger partial charge in [-0.05, 0) is 54.7 Å². The maximum atomic E-state index is 12.3. The summed E-state index contributed by atoms with van der Waals surface area (Å²) in [7, 11) is -1.76. The standard InChI is InChI=1S/C22H30N2O3S/c1-27-22-12-8-20(9-13-22)18-28(25,26)23-15-14-19-6-10-21(11-7-19)24-16-4-2-3-5-17-24/h6-13,23H,2-5,14-18H2,1H3. The number of ether oxygens (including phenoxy) is 1. The van der Waals surface area contributed by atoms with E-state index in [4.69, 9.17) is 4.74 Å². The molecular weight excluding hydrogens is 372 g/mol. The van der Waals surface area contributed by atoms with Crippen LogP contribution in [0.5, 0.6) is 5.75 Å². The Labute approximate surface area is 168 Å². The molecule has 5 nitrogen and oxygen atoms in total. The van der Waals surface area contributed by atoms with Crippen LogP contribution in [0.1, 0.15) is 36.8 Å². The van der Waals surface area contributed by atoms with Crippen LogP contribution in [0.4, 0.5) is 5.69 Å². The van der Waals surface area contributed by atoms with Crippen molar-refractivity contribution in [1.82, 2.24) is 4.72 Å². The maximum absolute atomic E-state index is 12.3. The van der Waals surface area contributed by atoms with Crippen LogP contribution in [0.3, 0.4) is 0 Å². The average Bonchev–Trinajstić information content (AvgIpc) is 2.98. The van der Waals surface area contributed by atoms with E-state index in [1.165, 1.54) is 31.4 Å². The van der Waals surface area contributed by atoms with Crippen molar-refractivity contribution in [3.8, 4) is 5.75 Å². The third-order valence-corrected chi connectivity index (χ3v) is 6.52. The zero-order valence-corrected chi connectivity index (χ0v) is 17.4. The van der Waals surface area contributed by atoms with E-state index in [1.807, 2.05) is 0 Å². The molecule has 0 saturated carbocycles. The van der Waals surface area contributed by atoms with E-state index in [0.29, 0.717) is 13.0 Å². The molecule has 2 aromatic carbocycles. The molecule has 0 atom stereocenters. The SMILES string of the molecule is COc1ccc(CS(=O)(=O)NCCc2ccc(N3CCCCCC3)cc2)cc1. The van der Waals surface area contributed by atoms with Crippen LogP contribution in [0.2, 0.25) is 0 Å². The highest BCUT2D eigenvalue weighted by Gasteiger charge is 2.12. The lowest BCUT2D eigenvalue weighted by Crippen LogP contribution is -2.27. The largest absolute Gasteiger partial charge is 0.497 e. The van der Waals surface area contributed by atoms with Gasteiger partial charge in [-0.2, -0.15) is 0 Å². The molecule has 1 aliphatic rings. The van der Waals surface area contributed by atoms with Gasteiger partial charge in [0, 0.05) is 25.3 Å². The highest BCUT2D eigenvalue weighted by Crippen LogP contribution is 2.20. The third-order valence-electron chi connectivity index (χ3n) is 5.16.